The summed E-state index contributed by atoms with van der Waals surface area (Å²) in [6.07, 6.45) is 6.56. The Balaban J connectivity index is 1.43. The SMILES string of the molecule is N#Cc1cccc(-n2ccc3cc(N[C@H]4CN5CCC4CC5)cnc32)c1. The fraction of sp³-hybridized carbons (Fsp3) is 0.333. The van der Waals surface area contributed by atoms with Crippen LogP contribution >= 0.6 is 0 Å². The molecule has 2 bridgehead atoms. The predicted molar refractivity (Wildman–Crippen MR) is 102 cm³/mol. The summed E-state index contributed by atoms with van der Waals surface area (Å²) in [7, 11) is 0. The summed E-state index contributed by atoms with van der Waals surface area (Å²) in [6, 6.07) is 14.6. The van der Waals surface area contributed by atoms with E-state index in [1.807, 2.05) is 41.2 Å². The van der Waals surface area contributed by atoms with E-state index in [1.165, 1.54) is 25.9 Å². The molecule has 3 fully saturated rings. The molecule has 26 heavy (non-hydrogen) atoms. The molecule has 0 radical (unpaired) electrons. The molecule has 0 spiro atoms. The molecule has 5 heteroatoms. The lowest BCUT2D eigenvalue weighted by molar-refractivity contribution is 0.0975. The van der Waals surface area contributed by atoms with E-state index in [1.54, 1.807) is 0 Å². The zero-order chi connectivity index (χ0) is 17.5. The van der Waals surface area contributed by atoms with Gasteiger partial charge in [0, 0.05) is 29.9 Å². The number of hydrogen-bond acceptors (Lipinski definition) is 4. The Morgan fingerprint density at radius 2 is 2.04 bits per heavy atom. The Morgan fingerprint density at radius 3 is 2.81 bits per heavy atom. The third-order valence-corrected chi connectivity index (χ3v) is 5.79. The third-order valence-electron chi connectivity index (χ3n) is 5.79. The van der Waals surface area contributed by atoms with Crippen LogP contribution in [0.25, 0.3) is 16.7 Å². The highest BCUT2D eigenvalue weighted by Gasteiger charge is 2.33. The molecule has 2 aromatic heterocycles. The molecular formula is C21H21N5. The molecule has 3 saturated heterocycles. The van der Waals surface area contributed by atoms with Crippen molar-refractivity contribution < 1.29 is 0 Å². The third kappa shape index (κ3) is 2.63. The molecule has 0 unspecified atom stereocenters. The van der Waals surface area contributed by atoms with Crippen LogP contribution < -0.4 is 5.32 Å². The first kappa shape index (κ1) is 15.4. The van der Waals surface area contributed by atoms with Crippen LogP contribution in [0, 0.1) is 17.2 Å². The van der Waals surface area contributed by atoms with Gasteiger partial charge in [-0.15, -0.1) is 0 Å². The molecule has 0 amide bonds. The second-order valence-electron chi connectivity index (χ2n) is 7.37. The van der Waals surface area contributed by atoms with Crippen molar-refractivity contribution in [3.05, 3.63) is 54.4 Å². The van der Waals surface area contributed by atoms with E-state index in [9.17, 15) is 0 Å². The normalized spacial score (nSPS) is 24.5. The van der Waals surface area contributed by atoms with Crippen LogP contribution in [0.5, 0.6) is 0 Å². The molecular weight excluding hydrogens is 322 g/mol. The van der Waals surface area contributed by atoms with Crippen LogP contribution in [0.15, 0.2) is 48.8 Å². The van der Waals surface area contributed by atoms with Crippen molar-refractivity contribution in [2.24, 2.45) is 5.92 Å². The standard InChI is InChI=1S/C21H21N5/c22-12-15-2-1-3-19(10-15)26-9-6-17-11-18(13-23-21(17)26)24-20-14-25-7-4-16(20)5-8-25/h1-3,6,9-11,13,16,20,24H,4-5,7-8,14H2/t20-/m0/s1. The summed E-state index contributed by atoms with van der Waals surface area (Å²) < 4.78 is 2.04. The van der Waals surface area contributed by atoms with Gasteiger partial charge in [-0.1, -0.05) is 6.07 Å². The van der Waals surface area contributed by atoms with Gasteiger partial charge in [0.15, 0.2) is 0 Å². The van der Waals surface area contributed by atoms with E-state index in [0.717, 1.165) is 34.9 Å². The Bertz CT molecular complexity index is 991. The van der Waals surface area contributed by atoms with Crippen LogP contribution in [-0.2, 0) is 0 Å². The minimum absolute atomic E-state index is 0.533. The van der Waals surface area contributed by atoms with Gasteiger partial charge in [0.2, 0.25) is 0 Å². The number of piperidine rings is 3. The van der Waals surface area contributed by atoms with Crippen molar-refractivity contribution >= 4 is 16.7 Å². The molecule has 5 heterocycles. The second kappa shape index (κ2) is 6.15. The largest absolute Gasteiger partial charge is 0.379 e. The molecule has 0 saturated carbocycles. The molecule has 6 rings (SSSR count). The number of rotatable bonds is 3. The highest BCUT2D eigenvalue weighted by molar-refractivity contribution is 5.81. The Morgan fingerprint density at radius 1 is 1.15 bits per heavy atom. The zero-order valence-corrected chi connectivity index (χ0v) is 14.6. The van der Waals surface area contributed by atoms with Crippen LogP contribution in [0.2, 0.25) is 0 Å². The minimum Gasteiger partial charge on any atom is -0.379 e. The maximum Gasteiger partial charge on any atom is 0.144 e. The first-order valence-electron chi connectivity index (χ1n) is 9.27. The number of nitrogens with one attached hydrogen (secondary N) is 1. The molecule has 1 aromatic carbocycles. The summed E-state index contributed by atoms with van der Waals surface area (Å²) in [5.41, 5.74) is 3.63. The van der Waals surface area contributed by atoms with E-state index in [4.69, 9.17) is 10.2 Å². The number of nitrogens with zero attached hydrogens (tertiary/aromatic N) is 4. The molecule has 5 nitrogen and oxygen atoms in total. The van der Waals surface area contributed by atoms with E-state index >= 15 is 0 Å². The predicted octanol–water partition coefficient (Wildman–Crippen LogP) is 3.40. The Labute approximate surface area is 152 Å². The molecule has 0 aliphatic carbocycles. The molecule has 1 atom stereocenters. The van der Waals surface area contributed by atoms with Crippen LogP contribution in [-0.4, -0.2) is 40.1 Å². The summed E-state index contributed by atoms with van der Waals surface area (Å²) >= 11 is 0. The number of aromatic nitrogens is 2. The van der Waals surface area contributed by atoms with Gasteiger partial charge in [0.1, 0.15) is 5.65 Å². The highest BCUT2D eigenvalue weighted by atomic mass is 15.2. The van der Waals surface area contributed by atoms with E-state index < -0.39 is 0 Å². The van der Waals surface area contributed by atoms with Crippen molar-refractivity contribution in [1.29, 1.82) is 5.26 Å². The number of nitriles is 1. The Kier molecular flexibility index (Phi) is 3.65. The first-order chi connectivity index (χ1) is 12.8. The lowest BCUT2D eigenvalue weighted by atomic mass is 9.84. The van der Waals surface area contributed by atoms with Crippen molar-refractivity contribution in [3.8, 4) is 11.8 Å². The number of anilines is 1. The monoisotopic (exact) mass is 343 g/mol. The molecule has 1 N–H and O–H groups in total. The Hall–Kier alpha value is -2.84. The van der Waals surface area contributed by atoms with Gasteiger partial charge in [-0.3, -0.25) is 0 Å². The lowest BCUT2D eigenvalue weighted by Crippen LogP contribution is -2.53. The van der Waals surface area contributed by atoms with Crippen molar-refractivity contribution in [2.75, 3.05) is 25.0 Å². The van der Waals surface area contributed by atoms with Crippen LogP contribution in [0.1, 0.15) is 18.4 Å². The lowest BCUT2D eigenvalue weighted by Gasteiger charge is -2.45. The minimum atomic E-state index is 0.533. The van der Waals surface area contributed by atoms with Crippen LogP contribution in [0.3, 0.4) is 0 Å². The van der Waals surface area contributed by atoms with Gasteiger partial charge in [0.25, 0.3) is 0 Å². The second-order valence-corrected chi connectivity index (χ2v) is 7.37. The van der Waals surface area contributed by atoms with Gasteiger partial charge < -0.3 is 14.8 Å². The molecule has 130 valence electrons. The average molecular weight is 343 g/mol. The fourth-order valence-corrected chi connectivity index (χ4v) is 4.38. The van der Waals surface area contributed by atoms with Gasteiger partial charge in [-0.25, -0.2) is 4.98 Å². The van der Waals surface area contributed by atoms with E-state index in [0.29, 0.717) is 11.6 Å². The number of fused-ring (bicyclic) bond motifs is 4. The van der Waals surface area contributed by atoms with Crippen molar-refractivity contribution in [3.63, 3.8) is 0 Å². The summed E-state index contributed by atoms with van der Waals surface area (Å²) in [5, 5.41) is 13.9. The van der Waals surface area contributed by atoms with Gasteiger partial charge >= 0.3 is 0 Å². The van der Waals surface area contributed by atoms with Gasteiger partial charge in [-0.05, 0) is 62.2 Å². The van der Waals surface area contributed by atoms with Gasteiger partial charge in [-0.2, -0.15) is 5.26 Å². The summed E-state index contributed by atoms with van der Waals surface area (Å²) in [4.78, 5) is 7.26. The number of benzene rings is 1. The maximum absolute atomic E-state index is 9.12. The van der Waals surface area contributed by atoms with E-state index in [2.05, 4.69) is 28.4 Å². The maximum atomic E-state index is 9.12. The molecule has 3 aliphatic rings. The zero-order valence-electron chi connectivity index (χ0n) is 14.6. The van der Waals surface area contributed by atoms with Crippen molar-refractivity contribution in [2.45, 2.75) is 18.9 Å². The smallest absolute Gasteiger partial charge is 0.144 e. The van der Waals surface area contributed by atoms with Crippen LogP contribution in [0.4, 0.5) is 5.69 Å². The molecule has 3 aromatic rings. The number of hydrogen-bond donors (Lipinski definition) is 1. The highest BCUT2D eigenvalue weighted by Crippen LogP contribution is 2.30. The summed E-state index contributed by atoms with van der Waals surface area (Å²) in [5.74, 6) is 0.786. The first-order valence-corrected chi connectivity index (χ1v) is 9.27. The van der Waals surface area contributed by atoms with Crippen molar-refractivity contribution in [1.82, 2.24) is 14.5 Å². The topological polar surface area (TPSA) is 56.9 Å². The number of pyridine rings is 1. The average Bonchev–Trinajstić information content (AvgIpc) is 3.12. The molecule has 3 aliphatic heterocycles. The van der Waals surface area contributed by atoms with E-state index in [-0.39, 0.29) is 0 Å². The van der Waals surface area contributed by atoms with Gasteiger partial charge in [0.05, 0.1) is 23.5 Å². The fourth-order valence-electron chi connectivity index (χ4n) is 4.38. The quantitative estimate of drug-likeness (QED) is 0.792. The summed E-state index contributed by atoms with van der Waals surface area (Å²) in [6.45, 7) is 3.65.